The number of nitrogens with zero attached hydrogens (tertiary/aromatic N) is 3. The fourth-order valence-corrected chi connectivity index (χ4v) is 2.39. The van der Waals surface area contributed by atoms with E-state index in [1.807, 2.05) is 6.07 Å². The molecule has 3 rings (SSSR count). The van der Waals surface area contributed by atoms with E-state index in [1.165, 1.54) is 24.4 Å². The summed E-state index contributed by atoms with van der Waals surface area (Å²) in [6.07, 6.45) is -1.96. The molecule has 1 heterocycles. The van der Waals surface area contributed by atoms with Crippen LogP contribution in [-0.4, -0.2) is 9.78 Å². The Morgan fingerprint density at radius 2 is 1.74 bits per heavy atom. The summed E-state index contributed by atoms with van der Waals surface area (Å²) >= 11 is 0. The average Bonchev–Trinajstić information content (AvgIpc) is 3.11. The molecule has 3 nitrogen and oxygen atoms in total. The van der Waals surface area contributed by atoms with Gasteiger partial charge in [0.25, 0.3) is 0 Å². The van der Waals surface area contributed by atoms with Crippen LogP contribution in [0.4, 0.5) is 22.0 Å². The molecule has 27 heavy (non-hydrogen) atoms. The van der Waals surface area contributed by atoms with Gasteiger partial charge in [-0.3, -0.25) is 0 Å². The Hall–Kier alpha value is -3.47. The summed E-state index contributed by atoms with van der Waals surface area (Å²) in [4.78, 5) is 0. The lowest BCUT2D eigenvalue weighted by atomic mass is 10.0. The van der Waals surface area contributed by atoms with Gasteiger partial charge in [-0.25, -0.2) is 13.5 Å². The average molecular weight is 375 g/mol. The first kappa shape index (κ1) is 18.3. The predicted octanol–water partition coefficient (Wildman–Crippen LogP) is 5.23. The lowest BCUT2D eigenvalue weighted by Gasteiger charge is -2.05. The van der Waals surface area contributed by atoms with Crippen molar-refractivity contribution in [1.82, 2.24) is 9.78 Å². The van der Waals surface area contributed by atoms with E-state index in [4.69, 9.17) is 0 Å². The van der Waals surface area contributed by atoms with Gasteiger partial charge >= 0.3 is 6.18 Å². The molecule has 136 valence electrons. The maximum absolute atomic E-state index is 13.8. The molecule has 3 aromatic rings. The number of nitriles is 1. The molecule has 0 saturated carbocycles. The zero-order valence-electron chi connectivity index (χ0n) is 13.5. The fourth-order valence-electron chi connectivity index (χ4n) is 2.39. The third-order valence-corrected chi connectivity index (χ3v) is 3.69. The van der Waals surface area contributed by atoms with E-state index in [9.17, 15) is 27.2 Å². The van der Waals surface area contributed by atoms with Crippen molar-refractivity contribution in [1.29, 1.82) is 5.26 Å². The second-order valence-electron chi connectivity index (χ2n) is 5.53. The van der Waals surface area contributed by atoms with Gasteiger partial charge in [0, 0.05) is 17.8 Å². The molecule has 8 heteroatoms. The molecule has 0 fully saturated rings. The van der Waals surface area contributed by atoms with Crippen LogP contribution in [0.1, 0.15) is 16.8 Å². The van der Waals surface area contributed by atoms with Gasteiger partial charge in [-0.15, -0.1) is 0 Å². The molecule has 0 spiro atoms. The van der Waals surface area contributed by atoms with Gasteiger partial charge < -0.3 is 0 Å². The number of alkyl halides is 3. The number of hydrogen-bond acceptors (Lipinski definition) is 2. The summed E-state index contributed by atoms with van der Waals surface area (Å²) < 4.78 is 65.8. The topological polar surface area (TPSA) is 41.6 Å². The van der Waals surface area contributed by atoms with Crippen LogP contribution in [0.15, 0.2) is 54.7 Å². The van der Waals surface area contributed by atoms with E-state index in [0.717, 1.165) is 22.9 Å². The lowest BCUT2D eigenvalue weighted by Crippen LogP contribution is -2.07. The minimum atomic E-state index is -4.53. The highest BCUT2D eigenvalue weighted by Crippen LogP contribution is 2.28. The molecule has 0 unspecified atom stereocenters. The molecule has 1 aromatic heterocycles. The quantitative estimate of drug-likeness (QED) is 0.357. The van der Waals surface area contributed by atoms with Gasteiger partial charge in [-0.2, -0.15) is 23.5 Å². The highest BCUT2D eigenvalue weighted by Gasteiger charge is 2.33. The Balaban J connectivity index is 1.89. The van der Waals surface area contributed by atoms with Crippen molar-refractivity contribution in [3.63, 3.8) is 0 Å². The van der Waals surface area contributed by atoms with Crippen LogP contribution in [0.5, 0.6) is 0 Å². The standard InChI is InChI=1S/C19H10F5N3/c20-14-3-6-16(17(21)10-14)13(11-25)9-12-1-4-15(5-2-12)27-8-7-18(26-27)19(22,23)24/h1-10H/b13-9+. The van der Waals surface area contributed by atoms with Crippen molar-refractivity contribution in [3.8, 4) is 11.8 Å². The first-order chi connectivity index (χ1) is 12.8. The molecule has 0 aliphatic rings. The van der Waals surface area contributed by atoms with Gasteiger partial charge in [-0.05, 0) is 42.0 Å². The number of benzene rings is 2. The van der Waals surface area contributed by atoms with Crippen LogP contribution in [0.25, 0.3) is 17.3 Å². The van der Waals surface area contributed by atoms with Gasteiger partial charge in [0.1, 0.15) is 11.6 Å². The van der Waals surface area contributed by atoms with Crippen LogP contribution >= 0.6 is 0 Å². The van der Waals surface area contributed by atoms with E-state index in [1.54, 1.807) is 12.1 Å². The van der Waals surface area contributed by atoms with Crippen LogP contribution in [-0.2, 0) is 6.18 Å². The molecule has 0 saturated heterocycles. The summed E-state index contributed by atoms with van der Waals surface area (Å²) in [5.74, 6) is -1.62. The Kier molecular flexibility index (Phi) is 4.77. The van der Waals surface area contributed by atoms with Crippen LogP contribution in [0.2, 0.25) is 0 Å². The Morgan fingerprint density at radius 1 is 1.04 bits per heavy atom. The van der Waals surface area contributed by atoms with Gasteiger partial charge in [0.15, 0.2) is 5.69 Å². The van der Waals surface area contributed by atoms with Crippen molar-refractivity contribution in [2.75, 3.05) is 0 Å². The Morgan fingerprint density at radius 3 is 2.30 bits per heavy atom. The van der Waals surface area contributed by atoms with Crippen molar-refractivity contribution in [2.24, 2.45) is 0 Å². The molecular formula is C19H10F5N3. The lowest BCUT2D eigenvalue weighted by molar-refractivity contribution is -0.141. The highest BCUT2D eigenvalue weighted by molar-refractivity contribution is 5.89. The second kappa shape index (κ2) is 7.03. The second-order valence-corrected chi connectivity index (χ2v) is 5.53. The molecule has 0 aliphatic carbocycles. The molecule has 0 N–H and O–H groups in total. The molecule has 0 radical (unpaired) electrons. The maximum Gasteiger partial charge on any atom is 0.435 e. The fraction of sp³-hybridized carbons (Fsp3) is 0.0526. The third kappa shape index (κ3) is 4.03. The van der Waals surface area contributed by atoms with E-state index in [0.29, 0.717) is 17.3 Å². The zero-order chi connectivity index (χ0) is 19.6. The van der Waals surface area contributed by atoms with Crippen molar-refractivity contribution < 1.29 is 22.0 Å². The van der Waals surface area contributed by atoms with Crippen LogP contribution in [0, 0.1) is 23.0 Å². The maximum atomic E-state index is 13.8. The summed E-state index contributed by atoms with van der Waals surface area (Å²) in [5.41, 5.74) is -0.176. The molecule has 0 aliphatic heterocycles. The molecule has 0 atom stereocenters. The third-order valence-electron chi connectivity index (χ3n) is 3.69. The van der Waals surface area contributed by atoms with E-state index in [-0.39, 0.29) is 11.1 Å². The van der Waals surface area contributed by atoms with Crippen molar-refractivity contribution >= 4 is 11.6 Å². The van der Waals surface area contributed by atoms with Gasteiger partial charge in [-0.1, -0.05) is 12.1 Å². The number of aromatic nitrogens is 2. The van der Waals surface area contributed by atoms with E-state index < -0.39 is 23.5 Å². The normalized spacial score (nSPS) is 12.1. The minimum Gasteiger partial charge on any atom is -0.240 e. The molecular weight excluding hydrogens is 365 g/mol. The SMILES string of the molecule is N#C/C(=C\c1ccc(-n2ccc(C(F)(F)F)n2)cc1)c1ccc(F)cc1F. The van der Waals surface area contributed by atoms with Crippen LogP contribution < -0.4 is 0 Å². The largest absolute Gasteiger partial charge is 0.435 e. The summed E-state index contributed by atoms with van der Waals surface area (Å²) in [6, 6.07) is 11.7. The number of rotatable bonds is 3. The first-order valence-electron chi connectivity index (χ1n) is 7.58. The summed E-state index contributed by atoms with van der Waals surface area (Å²) in [5, 5.41) is 12.7. The van der Waals surface area contributed by atoms with Crippen LogP contribution in [0.3, 0.4) is 0 Å². The predicted molar refractivity (Wildman–Crippen MR) is 88.4 cm³/mol. The molecule has 0 amide bonds. The van der Waals surface area contributed by atoms with Gasteiger partial charge in [0.05, 0.1) is 17.3 Å². The molecule has 2 aromatic carbocycles. The van der Waals surface area contributed by atoms with Crippen molar-refractivity contribution in [2.45, 2.75) is 6.18 Å². The number of hydrogen-bond donors (Lipinski definition) is 0. The first-order valence-corrected chi connectivity index (χ1v) is 7.58. The van der Waals surface area contributed by atoms with E-state index >= 15 is 0 Å². The molecule has 0 bridgehead atoms. The smallest absolute Gasteiger partial charge is 0.240 e. The summed E-state index contributed by atoms with van der Waals surface area (Å²) in [7, 11) is 0. The highest BCUT2D eigenvalue weighted by atomic mass is 19.4. The van der Waals surface area contributed by atoms with Crippen molar-refractivity contribution in [3.05, 3.63) is 83.2 Å². The summed E-state index contributed by atoms with van der Waals surface area (Å²) in [6.45, 7) is 0. The Bertz CT molecular complexity index is 1040. The number of halogens is 5. The Labute approximate surface area is 150 Å². The monoisotopic (exact) mass is 375 g/mol. The number of allylic oxidation sites excluding steroid dienone is 1. The zero-order valence-corrected chi connectivity index (χ0v) is 13.5. The van der Waals surface area contributed by atoms with Gasteiger partial charge in [0.2, 0.25) is 0 Å². The minimum absolute atomic E-state index is 0.0151. The van der Waals surface area contributed by atoms with E-state index in [2.05, 4.69) is 5.10 Å².